The minimum absolute atomic E-state index is 0.102. The van der Waals surface area contributed by atoms with Crippen molar-refractivity contribution in [3.8, 4) is 0 Å². The molecule has 0 saturated heterocycles. The predicted molar refractivity (Wildman–Crippen MR) is 92.3 cm³/mol. The van der Waals surface area contributed by atoms with E-state index in [2.05, 4.69) is 37.0 Å². The largest absolute Gasteiger partial charge is 0.369 e. The molecule has 4 heteroatoms. The molecular weight excluding hydrogens is 288 g/mol. The Morgan fingerprint density at radius 1 is 1.30 bits per heavy atom. The highest BCUT2D eigenvalue weighted by molar-refractivity contribution is 5.86. The fourth-order valence-corrected chi connectivity index (χ4v) is 3.16. The van der Waals surface area contributed by atoms with Crippen molar-refractivity contribution in [2.45, 2.75) is 46.3 Å². The van der Waals surface area contributed by atoms with Gasteiger partial charge in [-0.2, -0.15) is 0 Å². The van der Waals surface area contributed by atoms with E-state index >= 15 is 0 Å². The van der Waals surface area contributed by atoms with E-state index in [0.29, 0.717) is 19.1 Å². The number of hydrogen-bond acceptors (Lipinski definition) is 2. The number of amides is 1. The summed E-state index contributed by atoms with van der Waals surface area (Å²) in [5.74, 6) is 0.700. The van der Waals surface area contributed by atoms with Gasteiger partial charge in [-0.25, -0.2) is 0 Å². The molecule has 0 fully saturated rings. The zero-order valence-corrected chi connectivity index (χ0v) is 14.3. The average molecular weight is 314 g/mol. The molecule has 2 aromatic rings. The van der Waals surface area contributed by atoms with Gasteiger partial charge in [-0.05, 0) is 25.3 Å². The van der Waals surface area contributed by atoms with Gasteiger partial charge in [-0.15, -0.1) is 0 Å². The molecule has 0 aliphatic carbocycles. The summed E-state index contributed by atoms with van der Waals surface area (Å²) in [6.45, 7) is 8.29. The van der Waals surface area contributed by atoms with Gasteiger partial charge in [0.2, 0.25) is 0 Å². The van der Waals surface area contributed by atoms with Crippen LogP contribution in [0.25, 0.3) is 10.9 Å². The lowest BCUT2D eigenvalue weighted by Crippen LogP contribution is -2.42. The number of para-hydroxylation sites is 1. The maximum absolute atomic E-state index is 12.6. The molecule has 0 bridgehead atoms. The van der Waals surface area contributed by atoms with Gasteiger partial charge >= 0.3 is 0 Å². The second-order valence-electron chi connectivity index (χ2n) is 6.83. The number of carbonyl (C=O) groups is 1. The molecule has 23 heavy (non-hydrogen) atoms. The van der Waals surface area contributed by atoms with Gasteiger partial charge in [0.25, 0.3) is 5.91 Å². The summed E-state index contributed by atoms with van der Waals surface area (Å²) in [5.41, 5.74) is 3.69. The van der Waals surface area contributed by atoms with Gasteiger partial charge in [0.15, 0.2) is 0 Å². The van der Waals surface area contributed by atoms with Crippen molar-refractivity contribution in [3.05, 3.63) is 35.5 Å². The van der Waals surface area contributed by atoms with Crippen LogP contribution in [0, 0.1) is 5.92 Å². The summed E-state index contributed by atoms with van der Waals surface area (Å²) in [7, 11) is 0. The van der Waals surface area contributed by atoms with Gasteiger partial charge in [-0.1, -0.05) is 32.0 Å². The monoisotopic (exact) mass is 314 g/mol. The molecule has 124 valence electrons. The molecule has 1 atom stereocenters. The quantitative estimate of drug-likeness (QED) is 0.918. The fraction of sp³-hybridized carbons (Fsp3) is 0.526. The Kier molecular flexibility index (Phi) is 4.71. The molecule has 1 aromatic heterocycles. The van der Waals surface area contributed by atoms with Crippen molar-refractivity contribution < 1.29 is 9.53 Å². The van der Waals surface area contributed by atoms with E-state index in [4.69, 9.17) is 4.74 Å². The maximum Gasteiger partial charge on any atom is 0.251 e. The van der Waals surface area contributed by atoms with Crippen molar-refractivity contribution in [1.29, 1.82) is 0 Å². The molecule has 3 rings (SSSR count). The van der Waals surface area contributed by atoms with Crippen LogP contribution in [0.2, 0.25) is 0 Å². The van der Waals surface area contributed by atoms with Gasteiger partial charge in [0.1, 0.15) is 6.10 Å². The number of ether oxygens (including phenoxy) is 1. The Bertz CT molecular complexity index is 690. The first-order chi connectivity index (χ1) is 11.1. The number of aromatic amines is 1. The highest BCUT2D eigenvalue weighted by atomic mass is 16.5. The zero-order valence-electron chi connectivity index (χ0n) is 14.3. The van der Waals surface area contributed by atoms with E-state index < -0.39 is 0 Å². The van der Waals surface area contributed by atoms with Gasteiger partial charge in [0, 0.05) is 48.3 Å². The molecule has 0 unspecified atom stereocenters. The second-order valence-corrected chi connectivity index (χ2v) is 6.83. The molecule has 1 aliphatic heterocycles. The van der Waals surface area contributed by atoms with Crippen LogP contribution in [0.3, 0.4) is 0 Å². The first-order valence-corrected chi connectivity index (χ1v) is 8.55. The van der Waals surface area contributed by atoms with Gasteiger partial charge < -0.3 is 14.6 Å². The van der Waals surface area contributed by atoms with Gasteiger partial charge in [-0.3, -0.25) is 4.79 Å². The van der Waals surface area contributed by atoms with Crippen molar-refractivity contribution in [2.24, 2.45) is 5.92 Å². The molecule has 2 heterocycles. The number of hydrogen-bond donors (Lipinski definition) is 1. The number of fused-ring (bicyclic) bond motifs is 3. The highest BCUT2D eigenvalue weighted by Gasteiger charge is 2.27. The first kappa shape index (κ1) is 16.1. The SMILES string of the molecule is CC(C)CCO[C@@H](C)C(=O)N1CCc2[nH]c3ccccc3c2C1. The molecular formula is C19H26N2O2. The van der Waals surface area contributed by atoms with Crippen LogP contribution < -0.4 is 0 Å². The van der Waals surface area contributed by atoms with E-state index in [9.17, 15) is 4.79 Å². The molecule has 0 spiro atoms. The topological polar surface area (TPSA) is 45.3 Å². The Morgan fingerprint density at radius 2 is 2.09 bits per heavy atom. The second kappa shape index (κ2) is 6.75. The van der Waals surface area contributed by atoms with Crippen LogP contribution in [-0.4, -0.2) is 35.0 Å². The van der Waals surface area contributed by atoms with Gasteiger partial charge in [0.05, 0.1) is 0 Å². The van der Waals surface area contributed by atoms with Crippen molar-refractivity contribution in [1.82, 2.24) is 9.88 Å². The normalized spacial score (nSPS) is 15.9. The zero-order chi connectivity index (χ0) is 16.4. The molecule has 1 aliphatic rings. The number of H-pyrrole nitrogens is 1. The number of nitrogens with one attached hydrogen (secondary N) is 1. The lowest BCUT2D eigenvalue weighted by atomic mass is 10.0. The number of carbonyl (C=O) groups excluding carboxylic acids is 1. The van der Waals surface area contributed by atoms with Crippen LogP contribution in [0.1, 0.15) is 38.4 Å². The molecule has 4 nitrogen and oxygen atoms in total. The third-order valence-corrected chi connectivity index (χ3v) is 4.61. The van der Waals surface area contributed by atoms with E-state index in [1.165, 1.54) is 16.6 Å². The van der Waals surface area contributed by atoms with Crippen molar-refractivity contribution in [2.75, 3.05) is 13.2 Å². The summed E-state index contributed by atoms with van der Waals surface area (Å²) in [5, 5.41) is 1.23. The Morgan fingerprint density at radius 3 is 2.87 bits per heavy atom. The summed E-state index contributed by atoms with van der Waals surface area (Å²) in [6.07, 6.45) is 1.51. The minimum Gasteiger partial charge on any atom is -0.369 e. The molecule has 1 N–H and O–H groups in total. The van der Waals surface area contributed by atoms with Crippen LogP contribution in [-0.2, 0) is 22.5 Å². The molecule has 1 amide bonds. The number of rotatable bonds is 5. The fourth-order valence-electron chi connectivity index (χ4n) is 3.16. The summed E-state index contributed by atoms with van der Waals surface area (Å²) in [6, 6.07) is 8.31. The lowest BCUT2D eigenvalue weighted by Gasteiger charge is -2.29. The van der Waals surface area contributed by atoms with E-state index in [1.807, 2.05) is 17.9 Å². The smallest absolute Gasteiger partial charge is 0.251 e. The summed E-state index contributed by atoms with van der Waals surface area (Å²) < 4.78 is 5.73. The predicted octanol–water partition coefficient (Wildman–Crippen LogP) is 3.50. The minimum atomic E-state index is -0.361. The standard InChI is InChI=1S/C19H26N2O2/c1-13(2)9-11-23-14(3)19(22)21-10-8-18-16(12-21)15-6-4-5-7-17(15)20-18/h4-7,13-14,20H,8-12H2,1-3H3/t14-/m0/s1. The van der Waals surface area contributed by atoms with Crippen LogP contribution in [0.4, 0.5) is 0 Å². The number of aromatic nitrogens is 1. The maximum atomic E-state index is 12.6. The molecule has 1 aromatic carbocycles. The molecule has 0 saturated carbocycles. The van der Waals surface area contributed by atoms with E-state index in [0.717, 1.165) is 24.9 Å². The van der Waals surface area contributed by atoms with E-state index in [1.54, 1.807) is 0 Å². The van der Waals surface area contributed by atoms with Crippen LogP contribution in [0.5, 0.6) is 0 Å². The van der Waals surface area contributed by atoms with Crippen molar-refractivity contribution >= 4 is 16.8 Å². The average Bonchev–Trinajstić information content (AvgIpc) is 2.91. The number of nitrogens with zero attached hydrogens (tertiary/aromatic N) is 1. The Balaban J connectivity index is 1.67. The van der Waals surface area contributed by atoms with Crippen LogP contribution >= 0.6 is 0 Å². The highest BCUT2D eigenvalue weighted by Crippen LogP contribution is 2.27. The Labute approximate surface area is 137 Å². The third kappa shape index (κ3) is 3.42. The third-order valence-electron chi connectivity index (χ3n) is 4.61. The first-order valence-electron chi connectivity index (χ1n) is 8.55. The van der Waals surface area contributed by atoms with Crippen molar-refractivity contribution in [3.63, 3.8) is 0 Å². The summed E-state index contributed by atoms with van der Waals surface area (Å²) in [4.78, 5) is 18.0. The summed E-state index contributed by atoms with van der Waals surface area (Å²) >= 11 is 0. The van der Waals surface area contributed by atoms with Crippen LogP contribution in [0.15, 0.2) is 24.3 Å². The lowest BCUT2D eigenvalue weighted by molar-refractivity contribution is -0.143. The molecule has 0 radical (unpaired) electrons. The number of benzene rings is 1. The van der Waals surface area contributed by atoms with E-state index in [-0.39, 0.29) is 12.0 Å². The Hall–Kier alpha value is -1.81.